The summed E-state index contributed by atoms with van der Waals surface area (Å²) < 4.78 is 10.2. The molecule has 0 amide bonds. The molecule has 0 heterocycles. The van der Waals surface area contributed by atoms with Crippen LogP contribution in [0.4, 0.5) is 0 Å². The molecule has 1 atom stereocenters. The second-order valence-corrected chi connectivity index (χ2v) is 5.94. The van der Waals surface area contributed by atoms with Gasteiger partial charge in [-0.05, 0) is 24.3 Å². The van der Waals surface area contributed by atoms with E-state index in [0.29, 0.717) is 43.4 Å². The van der Waals surface area contributed by atoms with Crippen LogP contribution in [0.2, 0.25) is 20.1 Å². The number of carbonyl (C=O) groups excluding carboxylic acids is 1. The standard InChI is InChI=1S/C15H10Cl4O3/c1-21-9-5-12(18)14(13(19)6-9)15(22-7-20)10-3-2-8(16)4-11(10)17/h2-7,15H,1H3. The van der Waals surface area contributed by atoms with E-state index in [0.717, 1.165) is 0 Å². The predicted octanol–water partition coefficient (Wildman–Crippen LogP) is 5.57. The van der Waals surface area contributed by atoms with Crippen LogP contribution in [0.25, 0.3) is 0 Å². The van der Waals surface area contributed by atoms with Crippen LogP contribution in [0.3, 0.4) is 0 Å². The van der Waals surface area contributed by atoms with Crippen LogP contribution in [-0.4, -0.2) is 13.6 Å². The molecule has 2 aromatic rings. The molecule has 22 heavy (non-hydrogen) atoms. The highest BCUT2D eigenvalue weighted by Gasteiger charge is 2.24. The zero-order chi connectivity index (χ0) is 16.3. The summed E-state index contributed by atoms with van der Waals surface area (Å²) in [5.41, 5.74) is 0.938. The average molecular weight is 380 g/mol. The topological polar surface area (TPSA) is 35.5 Å². The normalized spacial score (nSPS) is 11.9. The van der Waals surface area contributed by atoms with Gasteiger partial charge in [0.15, 0.2) is 6.10 Å². The highest BCUT2D eigenvalue weighted by atomic mass is 35.5. The fraction of sp³-hybridized carbons (Fsp3) is 0.133. The van der Waals surface area contributed by atoms with Gasteiger partial charge in [0, 0.05) is 21.2 Å². The van der Waals surface area contributed by atoms with E-state index in [4.69, 9.17) is 55.9 Å². The lowest BCUT2D eigenvalue weighted by Gasteiger charge is -2.20. The van der Waals surface area contributed by atoms with E-state index >= 15 is 0 Å². The molecule has 2 rings (SSSR count). The van der Waals surface area contributed by atoms with Gasteiger partial charge in [-0.15, -0.1) is 0 Å². The Kier molecular flexibility index (Phi) is 5.81. The SMILES string of the molecule is COc1cc(Cl)c(C(OC=O)c2ccc(Cl)cc2Cl)c(Cl)c1. The zero-order valence-corrected chi connectivity index (χ0v) is 14.3. The number of ether oxygens (including phenoxy) is 2. The molecule has 0 aliphatic carbocycles. The van der Waals surface area contributed by atoms with Crippen LogP contribution in [0.15, 0.2) is 30.3 Å². The van der Waals surface area contributed by atoms with Crippen LogP contribution >= 0.6 is 46.4 Å². The third kappa shape index (κ3) is 3.61. The summed E-state index contributed by atoms with van der Waals surface area (Å²) in [5, 5.41) is 1.39. The van der Waals surface area contributed by atoms with Crippen molar-refractivity contribution in [3.8, 4) is 5.75 Å². The lowest BCUT2D eigenvalue weighted by molar-refractivity contribution is -0.132. The van der Waals surface area contributed by atoms with Gasteiger partial charge in [0.2, 0.25) is 0 Å². The molecule has 1 unspecified atom stereocenters. The van der Waals surface area contributed by atoms with Gasteiger partial charge < -0.3 is 9.47 Å². The summed E-state index contributed by atoms with van der Waals surface area (Å²) >= 11 is 24.6. The lowest BCUT2D eigenvalue weighted by atomic mass is 10.0. The Bertz CT molecular complexity index is 680. The average Bonchev–Trinajstić information content (AvgIpc) is 2.45. The Morgan fingerprint density at radius 3 is 2.14 bits per heavy atom. The first kappa shape index (κ1) is 17.2. The Hall–Kier alpha value is -1.13. The Morgan fingerprint density at radius 1 is 1.00 bits per heavy atom. The van der Waals surface area contributed by atoms with Gasteiger partial charge in [-0.3, -0.25) is 4.79 Å². The maximum absolute atomic E-state index is 10.9. The molecule has 116 valence electrons. The molecule has 2 aromatic carbocycles. The van der Waals surface area contributed by atoms with Crippen molar-refractivity contribution < 1.29 is 14.3 Å². The molecular weight excluding hydrogens is 370 g/mol. The van der Waals surface area contributed by atoms with E-state index in [-0.39, 0.29) is 0 Å². The summed E-state index contributed by atoms with van der Waals surface area (Å²) in [6, 6.07) is 7.98. The van der Waals surface area contributed by atoms with Crippen molar-refractivity contribution in [3.05, 3.63) is 61.5 Å². The first-order valence-electron chi connectivity index (χ1n) is 6.05. The summed E-state index contributed by atoms with van der Waals surface area (Å²) in [4.78, 5) is 10.9. The van der Waals surface area contributed by atoms with E-state index in [1.54, 1.807) is 30.3 Å². The number of hydrogen-bond donors (Lipinski definition) is 0. The van der Waals surface area contributed by atoms with Gasteiger partial charge >= 0.3 is 0 Å². The maximum atomic E-state index is 10.9. The zero-order valence-electron chi connectivity index (χ0n) is 11.3. The van der Waals surface area contributed by atoms with Crippen molar-refractivity contribution in [2.45, 2.75) is 6.10 Å². The van der Waals surface area contributed by atoms with E-state index in [1.807, 2.05) is 0 Å². The van der Waals surface area contributed by atoms with E-state index < -0.39 is 6.10 Å². The van der Waals surface area contributed by atoms with Crippen molar-refractivity contribution in [3.63, 3.8) is 0 Å². The van der Waals surface area contributed by atoms with Crippen molar-refractivity contribution in [1.29, 1.82) is 0 Å². The van der Waals surface area contributed by atoms with Crippen molar-refractivity contribution >= 4 is 52.9 Å². The highest BCUT2D eigenvalue weighted by Crippen LogP contribution is 2.41. The minimum Gasteiger partial charge on any atom is -0.497 e. The van der Waals surface area contributed by atoms with Crippen LogP contribution in [0.5, 0.6) is 5.75 Å². The minimum atomic E-state index is -0.854. The van der Waals surface area contributed by atoms with Gasteiger partial charge in [0.05, 0.1) is 17.2 Å². The molecular formula is C15H10Cl4O3. The third-order valence-corrected chi connectivity index (χ3v) is 4.17. The van der Waals surface area contributed by atoms with Gasteiger partial charge in [-0.2, -0.15) is 0 Å². The Balaban J connectivity index is 2.60. The molecule has 0 aromatic heterocycles. The quantitative estimate of drug-likeness (QED) is 0.637. The molecule has 3 nitrogen and oxygen atoms in total. The van der Waals surface area contributed by atoms with Gasteiger partial charge in [0.25, 0.3) is 6.47 Å². The van der Waals surface area contributed by atoms with Crippen molar-refractivity contribution in [2.75, 3.05) is 7.11 Å². The number of carbonyl (C=O) groups is 1. The van der Waals surface area contributed by atoms with Gasteiger partial charge in [0.1, 0.15) is 5.75 Å². The summed E-state index contributed by atoms with van der Waals surface area (Å²) in [7, 11) is 1.50. The van der Waals surface area contributed by atoms with Gasteiger partial charge in [-0.25, -0.2) is 0 Å². The Labute approximate surface area is 147 Å². The molecule has 0 aliphatic rings. The van der Waals surface area contributed by atoms with Gasteiger partial charge in [-0.1, -0.05) is 52.5 Å². The predicted molar refractivity (Wildman–Crippen MR) is 88.5 cm³/mol. The summed E-state index contributed by atoms with van der Waals surface area (Å²) in [5.74, 6) is 0.491. The van der Waals surface area contributed by atoms with Crippen LogP contribution in [-0.2, 0) is 9.53 Å². The fourth-order valence-corrected chi connectivity index (χ4v) is 3.17. The molecule has 0 saturated heterocycles. The monoisotopic (exact) mass is 378 g/mol. The van der Waals surface area contributed by atoms with Crippen LogP contribution in [0, 0.1) is 0 Å². The number of methoxy groups -OCH3 is 1. The highest BCUT2D eigenvalue weighted by molar-refractivity contribution is 6.37. The molecule has 0 radical (unpaired) electrons. The van der Waals surface area contributed by atoms with E-state index in [2.05, 4.69) is 0 Å². The third-order valence-electron chi connectivity index (χ3n) is 2.99. The van der Waals surface area contributed by atoms with Crippen molar-refractivity contribution in [2.24, 2.45) is 0 Å². The molecule has 7 heteroatoms. The number of benzene rings is 2. The summed E-state index contributed by atoms with van der Waals surface area (Å²) in [6.45, 7) is 0.312. The second-order valence-electron chi connectivity index (χ2n) is 4.28. The summed E-state index contributed by atoms with van der Waals surface area (Å²) in [6.07, 6.45) is -0.854. The lowest BCUT2D eigenvalue weighted by Crippen LogP contribution is -2.08. The largest absolute Gasteiger partial charge is 0.497 e. The Morgan fingerprint density at radius 2 is 1.64 bits per heavy atom. The fourth-order valence-electron chi connectivity index (χ4n) is 2.00. The number of rotatable bonds is 5. The van der Waals surface area contributed by atoms with E-state index in [1.165, 1.54) is 7.11 Å². The molecule has 0 fully saturated rings. The smallest absolute Gasteiger partial charge is 0.294 e. The number of hydrogen-bond acceptors (Lipinski definition) is 3. The van der Waals surface area contributed by atoms with Crippen LogP contribution in [0.1, 0.15) is 17.2 Å². The maximum Gasteiger partial charge on any atom is 0.294 e. The molecule has 0 N–H and O–H groups in total. The van der Waals surface area contributed by atoms with Crippen molar-refractivity contribution in [1.82, 2.24) is 0 Å². The molecule has 0 bridgehead atoms. The molecule has 0 aliphatic heterocycles. The first-order chi connectivity index (χ1) is 10.5. The second kappa shape index (κ2) is 7.42. The minimum absolute atomic E-state index is 0.294. The number of halogens is 4. The van der Waals surface area contributed by atoms with E-state index in [9.17, 15) is 4.79 Å². The first-order valence-corrected chi connectivity index (χ1v) is 7.56. The molecule has 0 spiro atoms. The molecule has 0 saturated carbocycles. The van der Waals surface area contributed by atoms with Crippen LogP contribution < -0.4 is 4.74 Å².